The summed E-state index contributed by atoms with van der Waals surface area (Å²) in [4.78, 5) is 13.1. The molecule has 0 saturated carbocycles. The van der Waals surface area contributed by atoms with E-state index in [1.54, 1.807) is 6.07 Å². The number of carboxylic acids is 1. The molecule has 0 radical (unpaired) electrons. The van der Waals surface area contributed by atoms with E-state index in [1.807, 2.05) is 0 Å². The number of benzene rings is 2. The molecule has 0 aromatic heterocycles. The Bertz CT molecular complexity index is 863. The molecule has 3 rings (SSSR count). The zero-order chi connectivity index (χ0) is 19.6. The number of carbonyl (C=O) groups is 1. The number of piperidine rings is 1. The number of aromatic carboxylic acids is 1. The highest BCUT2D eigenvalue weighted by Crippen LogP contribution is 2.30. The molecule has 144 valence electrons. The third-order valence-electron chi connectivity index (χ3n) is 4.42. The van der Waals surface area contributed by atoms with Gasteiger partial charge in [0.1, 0.15) is 23.5 Å². The molecule has 0 aliphatic carbocycles. The molecule has 2 aromatic carbocycles. The Morgan fingerprint density at radius 1 is 1.22 bits per heavy atom. The van der Waals surface area contributed by atoms with Crippen molar-refractivity contribution < 1.29 is 23.4 Å². The zero-order valence-corrected chi connectivity index (χ0v) is 15.7. The maximum absolute atomic E-state index is 13.9. The van der Waals surface area contributed by atoms with Gasteiger partial charge in [0.25, 0.3) is 0 Å². The predicted molar refractivity (Wildman–Crippen MR) is 98.7 cm³/mol. The van der Waals surface area contributed by atoms with E-state index < -0.39 is 17.3 Å². The van der Waals surface area contributed by atoms with Crippen LogP contribution in [0.2, 0.25) is 10.0 Å². The van der Waals surface area contributed by atoms with Crippen molar-refractivity contribution in [2.45, 2.75) is 25.5 Å². The number of likely N-dealkylation sites (tertiary alicyclic amines) is 1. The average Bonchev–Trinajstić information content (AvgIpc) is 2.60. The van der Waals surface area contributed by atoms with Gasteiger partial charge in [-0.3, -0.25) is 4.90 Å². The standard InChI is InChI=1S/C19H17Cl2F2NO3/c20-15-6-12(22)4-3-11(15)9-24-5-1-2-13(10-24)27-18-8-17(23)14(19(25)26)7-16(18)21/h3-4,6-8,13H,1-2,5,9-10H2,(H,25,26). The van der Waals surface area contributed by atoms with Gasteiger partial charge in [-0.05, 0) is 43.1 Å². The quantitative estimate of drug-likeness (QED) is 0.745. The summed E-state index contributed by atoms with van der Waals surface area (Å²) >= 11 is 12.1. The van der Waals surface area contributed by atoms with E-state index >= 15 is 0 Å². The topological polar surface area (TPSA) is 49.8 Å². The first-order chi connectivity index (χ1) is 12.8. The van der Waals surface area contributed by atoms with Gasteiger partial charge in [0.05, 0.1) is 10.6 Å². The van der Waals surface area contributed by atoms with Crippen LogP contribution in [-0.4, -0.2) is 35.2 Å². The van der Waals surface area contributed by atoms with Gasteiger partial charge in [0, 0.05) is 24.2 Å². The minimum atomic E-state index is -1.39. The van der Waals surface area contributed by atoms with Gasteiger partial charge in [-0.15, -0.1) is 0 Å². The van der Waals surface area contributed by atoms with Crippen LogP contribution in [0.25, 0.3) is 0 Å². The highest BCUT2D eigenvalue weighted by molar-refractivity contribution is 6.32. The predicted octanol–water partition coefficient (Wildman–Crippen LogP) is 5.01. The molecule has 1 unspecified atom stereocenters. The van der Waals surface area contributed by atoms with Crippen molar-refractivity contribution in [2.75, 3.05) is 13.1 Å². The Morgan fingerprint density at radius 3 is 2.70 bits per heavy atom. The number of hydrogen-bond donors (Lipinski definition) is 1. The van der Waals surface area contributed by atoms with E-state index in [-0.39, 0.29) is 22.7 Å². The molecule has 0 amide bonds. The van der Waals surface area contributed by atoms with Crippen LogP contribution < -0.4 is 4.74 Å². The number of halogens is 4. The summed E-state index contributed by atoms with van der Waals surface area (Å²) in [6.07, 6.45) is 1.38. The van der Waals surface area contributed by atoms with Crippen molar-refractivity contribution in [1.29, 1.82) is 0 Å². The molecule has 4 nitrogen and oxygen atoms in total. The largest absolute Gasteiger partial charge is 0.487 e. The minimum absolute atomic E-state index is 0.0486. The molecule has 0 bridgehead atoms. The van der Waals surface area contributed by atoms with E-state index in [9.17, 15) is 13.6 Å². The van der Waals surface area contributed by atoms with Crippen molar-refractivity contribution in [3.8, 4) is 5.75 Å². The molecule has 1 saturated heterocycles. The maximum atomic E-state index is 13.9. The van der Waals surface area contributed by atoms with Crippen LogP contribution in [0.5, 0.6) is 5.75 Å². The summed E-state index contributed by atoms with van der Waals surface area (Å²) in [5.41, 5.74) is 0.317. The summed E-state index contributed by atoms with van der Waals surface area (Å²) in [6.45, 7) is 1.93. The lowest BCUT2D eigenvalue weighted by molar-refractivity contribution is 0.0691. The SMILES string of the molecule is O=C(O)c1cc(Cl)c(OC2CCCN(Cc3ccc(F)cc3Cl)C2)cc1F. The Kier molecular flexibility index (Phi) is 6.19. The summed E-state index contributed by atoms with van der Waals surface area (Å²) in [7, 11) is 0. The lowest BCUT2D eigenvalue weighted by Gasteiger charge is -2.33. The van der Waals surface area contributed by atoms with E-state index in [0.29, 0.717) is 18.1 Å². The number of ether oxygens (including phenoxy) is 1. The Labute approximate surface area is 165 Å². The number of carboxylic acid groups (broad SMARTS) is 1. The molecule has 8 heteroatoms. The van der Waals surface area contributed by atoms with Crippen LogP contribution in [0.1, 0.15) is 28.8 Å². The minimum Gasteiger partial charge on any atom is -0.487 e. The van der Waals surface area contributed by atoms with Crippen molar-refractivity contribution >= 4 is 29.2 Å². The van der Waals surface area contributed by atoms with Gasteiger partial charge in [-0.1, -0.05) is 29.3 Å². The maximum Gasteiger partial charge on any atom is 0.338 e. The number of nitrogens with zero attached hydrogens (tertiary/aromatic N) is 1. The summed E-state index contributed by atoms with van der Waals surface area (Å²) < 4.78 is 32.9. The van der Waals surface area contributed by atoms with Crippen LogP contribution in [-0.2, 0) is 6.54 Å². The molecular weight excluding hydrogens is 399 g/mol. The average molecular weight is 416 g/mol. The second kappa shape index (κ2) is 8.42. The molecule has 2 aromatic rings. The smallest absolute Gasteiger partial charge is 0.338 e. The van der Waals surface area contributed by atoms with Gasteiger partial charge in [-0.2, -0.15) is 0 Å². The van der Waals surface area contributed by atoms with Gasteiger partial charge in [0.2, 0.25) is 0 Å². The lowest BCUT2D eigenvalue weighted by Crippen LogP contribution is -2.40. The monoisotopic (exact) mass is 415 g/mol. The molecular formula is C19H17Cl2F2NO3. The number of hydrogen-bond acceptors (Lipinski definition) is 3. The summed E-state index contributed by atoms with van der Waals surface area (Å²) in [5.74, 6) is -2.55. The third-order valence-corrected chi connectivity index (χ3v) is 5.06. The second-order valence-corrected chi connectivity index (χ2v) is 7.23. The van der Waals surface area contributed by atoms with Gasteiger partial charge < -0.3 is 9.84 Å². The Hall–Kier alpha value is -1.89. The highest BCUT2D eigenvalue weighted by atomic mass is 35.5. The van der Waals surface area contributed by atoms with Crippen molar-refractivity contribution in [2.24, 2.45) is 0 Å². The van der Waals surface area contributed by atoms with Gasteiger partial charge in [-0.25, -0.2) is 13.6 Å². The fourth-order valence-electron chi connectivity index (χ4n) is 3.11. The molecule has 1 fully saturated rings. The molecule has 1 heterocycles. The van der Waals surface area contributed by atoms with Crippen LogP contribution in [0, 0.1) is 11.6 Å². The van der Waals surface area contributed by atoms with Crippen LogP contribution >= 0.6 is 23.2 Å². The molecule has 1 atom stereocenters. The number of rotatable bonds is 5. The van der Waals surface area contributed by atoms with E-state index in [2.05, 4.69) is 4.90 Å². The van der Waals surface area contributed by atoms with Crippen LogP contribution in [0.4, 0.5) is 8.78 Å². The molecule has 1 N–H and O–H groups in total. The van der Waals surface area contributed by atoms with Crippen molar-refractivity contribution in [3.05, 3.63) is 63.1 Å². The zero-order valence-electron chi connectivity index (χ0n) is 14.2. The Balaban J connectivity index is 1.68. The Morgan fingerprint density at radius 2 is 2.00 bits per heavy atom. The first-order valence-electron chi connectivity index (χ1n) is 8.38. The second-order valence-electron chi connectivity index (χ2n) is 6.42. The summed E-state index contributed by atoms with van der Waals surface area (Å²) in [6, 6.07) is 6.35. The van der Waals surface area contributed by atoms with Crippen molar-refractivity contribution in [1.82, 2.24) is 4.90 Å². The van der Waals surface area contributed by atoms with E-state index in [0.717, 1.165) is 37.1 Å². The molecule has 27 heavy (non-hydrogen) atoms. The highest BCUT2D eigenvalue weighted by Gasteiger charge is 2.24. The first-order valence-corrected chi connectivity index (χ1v) is 9.14. The van der Waals surface area contributed by atoms with Gasteiger partial charge in [0.15, 0.2) is 0 Å². The molecule has 1 aliphatic rings. The first kappa shape index (κ1) is 19.9. The van der Waals surface area contributed by atoms with Gasteiger partial charge >= 0.3 is 5.97 Å². The lowest BCUT2D eigenvalue weighted by atomic mass is 10.1. The molecule has 1 aliphatic heterocycles. The van der Waals surface area contributed by atoms with Crippen LogP contribution in [0.3, 0.4) is 0 Å². The fourth-order valence-corrected chi connectivity index (χ4v) is 3.54. The van der Waals surface area contributed by atoms with E-state index in [4.69, 9.17) is 33.0 Å². The van der Waals surface area contributed by atoms with E-state index in [1.165, 1.54) is 12.1 Å². The molecule has 0 spiro atoms. The third kappa shape index (κ3) is 4.89. The summed E-state index contributed by atoms with van der Waals surface area (Å²) in [5, 5.41) is 9.35. The fraction of sp³-hybridized carbons (Fsp3) is 0.316. The van der Waals surface area contributed by atoms with Crippen LogP contribution in [0.15, 0.2) is 30.3 Å². The van der Waals surface area contributed by atoms with Crippen molar-refractivity contribution in [3.63, 3.8) is 0 Å². The normalized spacial score (nSPS) is 17.7.